The van der Waals surface area contributed by atoms with Crippen LogP contribution in [0.25, 0.3) is 0 Å². The Morgan fingerprint density at radius 1 is 1.05 bits per heavy atom. The fraction of sp³-hybridized carbons (Fsp3) is 0.0667. The zero-order chi connectivity index (χ0) is 14.2. The number of hydrogen-bond acceptors (Lipinski definition) is 3. The first-order valence-corrected chi connectivity index (χ1v) is 6.06. The molecule has 0 aliphatic carbocycles. The standard InChI is InChI=1S/C15H14N2O3/c18-11-16-13-7-4-8-14(9-13)17-15(19)20-10-12-5-2-1-3-6-12/h1-9,11H,10H2,(H,16,18)(H,17,19). The highest BCUT2D eigenvalue weighted by Gasteiger charge is 2.04. The molecule has 0 aliphatic heterocycles. The smallest absolute Gasteiger partial charge is 0.411 e. The summed E-state index contributed by atoms with van der Waals surface area (Å²) < 4.78 is 5.09. The molecule has 5 nitrogen and oxygen atoms in total. The lowest BCUT2D eigenvalue weighted by molar-refractivity contribution is -0.105. The summed E-state index contributed by atoms with van der Waals surface area (Å²) in [5, 5.41) is 5.10. The lowest BCUT2D eigenvalue weighted by Crippen LogP contribution is -2.13. The van der Waals surface area contributed by atoms with Crippen LogP contribution in [0.3, 0.4) is 0 Å². The monoisotopic (exact) mass is 270 g/mol. The van der Waals surface area contributed by atoms with E-state index in [1.165, 1.54) is 0 Å². The van der Waals surface area contributed by atoms with Gasteiger partial charge in [-0.2, -0.15) is 0 Å². The third-order valence-corrected chi connectivity index (χ3v) is 2.55. The van der Waals surface area contributed by atoms with Gasteiger partial charge < -0.3 is 10.1 Å². The number of carbonyl (C=O) groups is 2. The molecule has 2 N–H and O–H groups in total. The Kier molecular flexibility index (Phi) is 4.72. The summed E-state index contributed by atoms with van der Waals surface area (Å²) in [6.45, 7) is 0.207. The molecule has 2 amide bonds. The number of anilines is 2. The molecule has 0 aromatic heterocycles. The first kappa shape index (κ1) is 13.6. The number of ether oxygens (including phenoxy) is 1. The second-order valence-electron chi connectivity index (χ2n) is 4.03. The summed E-state index contributed by atoms with van der Waals surface area (Å²) in [7, 11) is 0. The molecule has 2 aromatic carbocycles. The van der Waals surface area contributed by atoms with E-state index in [1.54, 1.807) is 24.3 Å². The van der Waals surface area contributed by atoms with Gasteiger partial charge in [0.25, 0.3) is 0 Å². The van der Waals surface area contributed by atoms with E-state index in [-0.39, 0.29) is 6.61 Å². The lowest BCUT2D eigenvalue weighted by Gasteiger charge is -2.08. The van der Waals surface area contributed by atoms with Crippen LogP contribution in [0, 0.1) is 0 Å². The molecule has 0 radical (unpaired) electrons. The number of rotatable bonds is 5. The predicted octanol–water partition coefficient (Wildman–Crippen LogP) is 3.00. The quantitative estimate of drug-likeness (QED) is 0.821. The van der Waals surface area contributed by atoms with E-state index in [2.05, 4.69) is 10.6 Å². The van der Waals surface area contributed by atoms with Crippen molar-refractivity contribution in [3.63, 3.8) is 0 Å². The normalized spacial score (nSPS) is 9.60. The van der Waals surface area contributed by atoms with Gasteiger partial charge in [0, 0.05) is 11.4 Å². The van der Waals surface area contributed by atoms with E-state index in [9.17, 15) is 9.59 Å². The maximum Gasteiger partial charge on any atom is 0.411 e. The highest BCUT2D eigenvalue weighted by molar-refractivity contribution is 5.86. The minimum Gasteiger partial charge on any atom is -0.444 e. The van der Waals surface area contributed by atoms with E-state index in [1.807, 2.05) is 30.3 Å². The van der Waals surface area contributed by atoms with E-state index in [0.717, 1.165) is 5.56 Å². The molecule has 0 aliphatic rings. The molecule has 20 heavy (non-hydrogen) atoms. The Bertz CT molecular complexity index is 585. The van der Waals surface area contributed by atoms with Crippen molar-refractivity contribution in [2.45, 2.75) is 6.61 Å². The van der Waals surface area contributed by atoms with Gasteiger partial charge in [-0.15, -0.1) is 0 Å². The van der Waals surface area contributed by atoms with Crippen molar-refractivity contribution < 1.29 is 14.3 Å². The summed E-state index contributed by atoms with van der Waals surface area (Å²) in [5.74, 6) is 0. The Hall–Kier alpha value is -2.82. The van der Waals surface area contributed by atoms with Gasteiger partial charge in [0.15, 0.2) is 0 Å². The second-order valence-corrected chi connectivity index (χ2v) is 4.03. The number of nitrogens with one attached hydrogen (secondary N) is 2. The van der Waals surface area contributed by atoms with Crippen molar-refractivity contribution in [2.24, 2.45) is 0 Å². The average molecular weight is 270 g/mol. The van der Waals surface area contributed by atoms with Gasteiger partial charge in [-0.05, 0) is 23.8 Å². The second kappa shape index (κ2) is 6.94. The average Bonchev–Trinajstić information content (AvgIpc) is 2.47. The van der Waals surface area contributed by atoms with Crippen LogP contribution in [0.2, 0.25) is 0 Å². The molecule has 5 heteroatoms. The number of benzene rings is 2. The molecule has 0 saturated heterocycles. The summed E-state index contributed by atoms with van der Waals surface area (Å²) >= 11 is 0. The fourth-order valence-corrected chi connectivity index (χ4v) is 1.63. The first-order chi connectivity index (χ1) is 9.78. The molecule has 0 heterocycles. The molecule has 0 fully saturated rings. The number of amides is 2. The van der Waals surface area contributed by atoms with Crippen molar-refractivity contribution in [1.82, 2.24) is 0 Å². The molecule has 0 atom stereocenters. The van der Waals surface area contributed by atoms with Crippen LogP contribution in [0.5, 0.6) is 0 Å². The van der Waals surface area contributed by atoms with Crippen molar-refractivity contribution in [2.75, 3.05) is 10.6 Å². The first-order valence-electron chi connectivity index (χ1n) is 6.06. The Labute approximate surface area is 116 Å². The zero-order valence-electron chi connectivity index (χ0n) is 10.7. The SMILES string of the molecule is O=CNc1cccc(NC(=O)OCc2ccccc2)c1. The van der Waals surface area contributed by atoms with Gasteiger partial charge in [-0.3, -0.25) is 10.1 Å². The van der Waals surface area contributed by atoms with Crippen LogP contribution in [0.15, 0.2) is 54.6 Å². The van der Waals surface area contributed by atoms with Gasteiger partial charge in [-0.25, -0.2) is 4.79 Å². The highest BCUT2D eigenvalue weighted by Crippen LogP contribution is 2.14. The molecule has 0 bridgehead atoms. The molecule has 0 unspecified atom stereocenters. The van der Waals surface area contributed by atoms with Crippen molar-refractivity contribution >= 4 is 23.9 Å². The van der Waals surface area contributed by atoms with E-state index < -0.39 is 6.09 Å². The molecule has 2 rings (SSSR count). The highest BCUT2D eigenvalue weighted by atomic mass is 16.5. The molecule has 0 spiro atoms. The maximum absolute atomic E-state index is 11.6. The van der Waals surface area contributed by atoms with E-state index in [0.29, 0.717) is 17.8 Å². The molecule has 102 valence electrons. The van der Waals surface area contributed by atoms with Crippen molar-refractivity contribution in [1.29, 1.82) is 0 Å². The topological polar surface area (TPSA) is 67.4 Å². The van der Waals surface area contributed by atoms with E-state index in [4.69, 9.17) is 4.74 Å². The number of hydrogen-bond donors (Lipinski definition) is 2. The van der Waals surface area contributed by atoms with Crippen LogP contribution in [-0.2, 0) is 16.1 Å². The van der Waals surface area contributed by atoms with Crippen LogP contribution in [0.1, 0.15) is 5.56 Å². The summed E-state index contributed by atoms with van der Waals surface area (Å²) in [5.41, 5.74) is 2.06. The summed E-state index contributed by atoms with van der Waals surface area (Å²) in [6.07, 6.45) is 0.0319. The fourth-order valence-electron chi connectivity index (χ4n) is 1.63. The van der Waals surface area contributed by atoms with Gasteiger partial charge in [-0.1, -0.05) is 36.4 Å². The largest absolute Gasteiger partial charge is 0.444 e. The van der Waals surface area contributed by atoms with E-state index >= 15 is 0 Å². The van der Waals surface area contributed by atoms with Crippen molar-refractivity contribution in [3.8, 4) is 0 Å². The predicted molar refractivity (Wildman–Crippen MR) is 76.4 cm³/mol. The molecule has 0 saturated carbocycles. The van der Waals surface area contributed by atoms with Crippen LogP contribution >= 0.6 is 0 Å². The Balaban J connectivity index is 1.88. The minimum atomic E-state index is -0.544. The molecular formula is C15H14N2O3. The van der Waals surface area contributed by atoms with Crippen LogP contribution in [-0.4, -0.2) is 12.5 Å². The summed E-state index contributed by atoms with van der Waals surface area (Å²) in [4.78, 5) is 22.0. The third-order valence-electron chi connectivity index (χ3n) is 2.55. The van der Waals surface area contributed by atoms with Gasteiger partial charge >= 0.3 is 6.09 Å². The molecular weight excluding hydrogens is 256 g/mol. The maximum atomic E-state index is 11.6. The van der Waals surface area contributed by atoms with Crippen LogP contribution < -0.4 is 10.6 Å². The Morgan fingerprint density at radius 2 is 1.80 bits per heavy atom. The van der Waals surface area contributed by atoms with Gasteiger partial charge in [0.05, 0.1) is 0 Å². The summed E-state index contributed by atoms with van der Waals surface area (Å²) in [6, 6.07) is 16.2. The lowest BCUT2D eigenvalue weighted by atomic mass is 10.2. The third kappa shape index (κ3) is 4.13. The Morgan fingerprint density at radius 3 is 2.55 bits per heavy atom. The molecule has 2 aromatic rings. The van der Waals surface area contributed by atoms with Gasteiger partial charge in [0.1, 0.15) is 6.61 Å². The minimum absolute atomic E-state index is 0.207. The van der Waals surface area contributed by atoms with Crippen LogP contribution in [0.4, 0.5) is 16.2 Å². The zero-order valence-corrected chi connectivity index (χ0v) is 10.7. The van der Waals surface area contributed by atoms with Crippen molar-refractivity contribution in [3.05, 3.63) is 60.2 Å². The van der Waals surface area contributed by atoms with Gasteiger partial charge in [0.2, 0.25) is 6.41 Å². The number of carbonyl (C=O) groups excluding carboxylic acids is 2.